The quantitative estimate of drug-likeness (QED) is 0.801. The Kier molecular flexibility index (Phi) is 3.46. The summed E-state index contributed by atoms with van der Waals surface area (Å²) in [5.41, 5.74) is 1.48. The molecule has 0 radical (unpaired) electrons. The van der Waals surface area contributed by atoms with Gasteiger partial charge in [-0.05, 0) is 31.0 Å². The molecule has 0 spiro atoms. The molecular weight excluding hydrogens is 226 g/mol. The molecule has 1 aliphatic rings. The van der Waals surface area contributed by atoms with Gasteiger partial charge in [0.25, 0.3) is 0 Å². The second-order valence-corrected chi connectivity index (χ2v) is 4.38. The van der Waals surface area contributed by atoms with E-state index >= 15 is 0 Å². The van der Waals surface area contributed by atoms with Crippen molar-refractivity contribution in [2.24, 2.45) is 0 Å². The van der Waals surface area contributed by atoms with Crippen LogP contribution in [0.4, 0.5) is 5.69 Å². The predicted molar refractivity (Wildman–Crippen MR) is 64.3 cm³/mol. The Labute approximate surface area is 99.6 Å². The molecule has 0 atom stereocenters. The molecule has 16 heavy (non-hydrogen) atoms. The van der Waals surface area contributed by atoms with Gasteiger partial charge in [0.2, 0.25) is 0 Å². The number of aliphatic hydroxyl groups is 1. The number of carbonyl (C=O) groups excluding carboxylic acids is 1. The summed E-state index contributed by atoms with van der Waals surface area (Å²) in [7, 11) is 0. The lowest BCUT2D eigenvalue weighted by molar-refractivity contribution is 0.112. The van der Waals surface area contributed by atoms with Crippen molar-refractivity contribution >= 4 is 23.6 Å². The summed E-state index contributed by atoms with van der Waals surface area (Å²) >= 11 is 5.98. The first-order chi connectivity index (χ1) is 7.76. The Morgan fingerprint density at radius 1 is 1.50 bits per heavy atom. The number of carbonyl (C=O) groups is 1. The Hall–Kier alpha value is -1.06. The average Bonchev–Trinajstić information content (AvgIpc) is 3.09. The minimum Gasteiger partial charge on any atom is -0.395 e. The number of hydrogen-bond acceptors (Lipinski definition) is 3. The van der Waals surface area contributed by atoms with E-state index in [2.05, 4.69) is 4.90 Å². The topological polar surface area (TPSA) is 40.5 Å². The number of benzene rings is 1. The number of rotatable bonds is 5. The van der Waals surface area contributed by atoms with Crippen LogP contribution in [0.5, 0.6) is 0 Å². The van der Waals surface area contributed by atoms with Crippen LogP contribution < -0.4 is 4.90 Å². The molecule has 1 saturated carbocycles. The van der Waals surface area contributed by atoms with Crippen LogP contribution in [0, 0.1) is 0 Å². The van der Waals surface area contributed by atoms with Crippen LogP contribution in [0.2, 0.25) is 5.02 Å². The molecule has 0 heterocycles. The lowest BCUT2D eigenvalue weighted by Crippen LogP contribution is -2.28. The Morgan fingerprint density at radius 2 is 2.25 bits per heavy atom. The molecule has 4 heteroatoms. The highest BCUT2D eigenvalue weighted by Crippen LogP contribution is 2.33. The predicted octanol–water partition coefficient (Wildman–Crippen LogP) is 2.11. The van der Waals surface area contributed by atoms with E-state index in [1.165, 1.54) is 0 Å². The first-order valence-corrected chi connectivity index (χ1v) is 5.76. The van der Waals surface area contributed by atoms with Gasteiger partial charge < -0.3 is 10.0 Å². The van der Waals surface area contributed by atoms with E-state index in [4.69, 9.17) is 16.7 Å². The highest BCUT2D eigenvalue weighted by Gasteiger charge is 2.28. The number of anilines is 1. The van der Waals surface area contributed by atoms with Crippen LogP contribution in [0.3, 0.4) is 0 Å². The highest BCUT2D eigenvalue weighted by atomic mass is 35.5. The second kappa shape index (κ2) is 4.85. The van der Waals surface area contributed by atoms with E-state index in [0.29, 0.717) is 23.2 Å². The average molecular weight is 240 g/mol. The fourth-order valence-electron chi connectivity index (χ4n) is 1.81. The Morgan fingerprint density at radius 3 is 2.75 bits per heavy atom. The third-order valence-corrected chi connectivity index (χ3v) is 3.10. The molecule has 3 nitrogen and oxygen atoms in total. The number of nitrogens with zero attached hydrogens (tertiary/aromatic N) is 1. The van der Waals surface area contributed by atoms with Crippen LogP contribution >= 0.6 is 11.6 Å². The first kappa shape index (κ1) is 11.4. The van der Waals surface area contributed by atoms with Gasteiger partial charge in [0.05, 0.1) is 11.6 Å². The van der Waals surface area contributed by atoms with Crippen molar-refractivity contribution in [2.45, 2.75) is 18.9 Å². The van der Waals surface area contributed by atoms with Gasteiger partial charge in [0.1, 0.15) is 0 Å². The molecule has 0 unspecified atom stereocenters. The molecule has 1 aromatic carbocycles. The van der Waals surface area contributed by atoms with Gasteiger partial charge in [0, 0.05) is 23.8 Å². The van der Waals surface area contributed by atoms with Crippen molar-refractivity contribution in [3.63, 3.8) is 0 Å². The van der Waals surface area contributed by atoms with Gasteiger partial charge in [-0.25, -0.2) is 0 Å². The van der Waals surface area contributed by atoms with E-state index in [1.54, 1.807) is 12.1 Å². The van der Waals surface area contributed by atoms with Gasteiger partial charge in [-0.15, -0.1) is 0 Å². The number of hydrogen-bond donors (Lipinski definition) is 1. The SMILES string of the molecule is O=Cc1ccc(N(CCO)C2CC2)cc1Cl. The standard InChI is InChI=1S/C12H14ClNO2/c13-12-7-11(2-1-9(12)8-16)14(5-6-15)10-3-4-10/h1-2,7-8,10,15H,3-6H2. The Balaban J connectivity index is 2.23. The summed E-state index contributed by atoms with van der Waals surface area (Å²) in [6, 6.07) is 5.91. The smallest absolute Gasteiger partial charge is 0.151 e. The minimum atomic E-state index is 0.129. The lowest BCUT2D eigenvalue weighted by atomic mass is 10.2. The summed E-state index contributed by atoms with van der Waals surface area (Å²) in [6.07, 6.45) is 3.07. The molecule has 1 fully saturated rings. The number of halogens is 1. The van der Waals surface area contributed by atoms with E-state index in [9.17, 15) is 4.79 Å². The third-order valence-electron chi connectivity index (χ3n) is 2.77. The zero-order valence-electron chi connectivity index (χ0n) is 8.90. The van der Waals surface area contributed by atoms with Crippen LogP contribution in [0.1, 0.15) is 23.2 Å². The van der Waals surface area contributed by atoms with Gasteiger partial charge in [-0.3, -0.25) is 4.79 Å². The fraction of sp³-hybridized carbons (Fsp3) is 0.417. The molecule has 1 aromatic rings. The molecule has 1 aliphatic carbocycles. The maximum Gasteiger partial charge on any atom is 0.151 e. The van der Waals surface area contributed by atoms with Crippen molar-refractivity contribution in [2.75, 3.05) is 18.1 Å². The van der Waals surface area contributed by atoms with Gasteiger partial charge in [-0.1, -0.05) is 11.6 Å². The summed E-state index contributed by atoms with van der Waals surface area (Å²) in [6.45, 7) is 0.741. The van der Waals surface area contributed by atoms with E-state index in [1.807, 2.05) is 6.07 Å². The second-order valence-electron chi connectivity index (χ2n) is 3.97. The van der Waals surface area contributed by atoms with Crippen molar-refractivity contribution in [1.29, 1.82) is 0 Å². The molecule has 0 bridgehead atoms. The van der Waals surface area contributed by atoms with Crippen molar-refractivity contribution in [3.05, 3.63) is 28.8 Å². The van der Waals surface area contributed by atoms with Gasteiger partial charge in [-0.2, -0.15) is 0 Å². The van der Waals surface area contributed by atoms with Crippen LogP contribution in [-0.4, -0.2) is 30.6 Å². The Bertz CT molecular complexity index is 391. The molecule has 86 valence electrons. The van der Waals surface area contributed by atoms with Crippen LogP contribution in [0.25, 0.3) is 0 Å². The summed E-state index contributed by atoms with van der Waals surface area (Å²) in [5, 5.41) is 9.48. The van der Waals surface area contributed by atoms with E-state index < -0.39 is 0 Å². The van der Waals surface area contributed by atoms with Gasteiger partial charge in [0.15, 0.2) is 6.29 Å². The maximum absolute atomic E-state index is 10.6. The summed E-state index contributed by atoms with van der Waals surface area (Å²) in [4.78, 5) is 12.8. The fourth-order valence-corrected chi connectivity index (χ4v) is 2.03. The molecule has 1 N–H and O–H groups in total. The summed E-state index contributed by atoms with van der Waals surface area (Å²) in [5.74, 6) is 0. The maximum atomic E-state index is 10.6. The van der Waals surface area contributed by atoms with E-state index in [-0.39, 0.29) is 6.61 Å². The zero-order chi connectivity index (χ0) is 11.5. The summed E-state index contributed by atoms with van der Waals surface area (Å²) < 4.78 is 0. The lowest BCUT2D eigenvalue weighted by Gasteiger charge is -2.24. The molecule has 2 rings (SSSR count). The van der Waals surface area contributed by atoms with Crippen molar-refractivity contribution < 1.29 is 9.90 Å². The third kappa shape index (κ3) is 2.36. The normalized spacial score (nSPS) is 14.9. The molecule has 0 aliphatic heterocycles. The largest absolute Gasteiger partial charge is 0.395 e. The van der Waals surface area contributed by atoms with Crippen LogP contribution in [-0.2, 0) is 0 Å². The molecule has 0 saturated heterocycles. The number of aliphatic hydroxyl groups excluding tert-OH is 1. The van der Waals surface area contributed by atoms with Gasteiger partial charge >= 0.3 is 0 Å². The van der Waals surface area contributed by atoms with Crippen molar-refractivity contribution in [1.82, 2.24) is 0 Å². The highest BCUT2D eigenvalue weighted by molar-refractivity contribution is 6.33. The number of aldehydes is 1. The zero-order valence-corrected chi connectivity index (χ0v) is 9.65. The molecular formula is C12H14ClNO2. The van der Waals surface area contributed by atoms with Crippen molar-refractivity contribution in [3.8, 4) is 0 Å². The van der Waals surface area contributed by atoms with E-state index in [0.717, 1.165) is 24.8 Å². The first-order valence-electron chi connectivity index (χ1n) is 5.38. The molecule has 0 amide bonds. The molecule has 0 aromatic heterocycles. The van der Waals surface area contributed by atoms with Crippen LogP contribution in [0.15, 0.2) is 18.2 Å². The monoisotopic (exact) mass is 239 g/mol. The minimum absolute atomic E-state index is 0.129.